The van der Waals surface area contributed by atoms with Gasteiger partial charge in [0, 0.05) is 5.25 Å². The van der Waals surface area contributed by atoms with Crippen LogP contribution in [-0.2, 0) is 4.79 Å². The topological polar surface area (TPSA) is 17.1 Å². The highest BCUT2D eigenvalue weighted by atomic mass is 32.2. The first-order chi connectivity index (χ1) is 5.68. The van der Waals surface area contributed by atoms with Gasteiger partial charge in [0.05, 0.1) is 0 Å². The van der Waals surface area contributed by atoms with Crippen molar-refractivity contribution in [1.29, 1.82) is 0 Å². The molecule has 1 nitrogen and oxygen atoms in total. The molecule has 0 spiro atoms. The van der Waals surface area contributed by atoms with Gasteiger partial charge in [0.25, 0.3) is 0 Å². The van der Waals surface area contributed by atoms with E-state index in [4.69, 9.17) is 0 Å². The number of carbonyl (C=O) groups is 1. The third-order valence-corrected chi connectivity index (χ3v) is 3.05. The Hall–Kier alpha value is -0.240. The van der Waals surface area contributed by atoms with Gasteiger partial charge in [-0.2, -0.15) is 0 Å². The summed E-state index contributed by atoms with van der Waals surface area (Å²) in [5.74, 6) is 0.788. The Balaban J connectivity index is 2.09. The van der Waals surface area contributed by atoms with Crippen LogP contribution in [0.4, 0.5) is 0 Å². The maximum Gasteiger partial charge on any atom is 0.212 e. The van der Waals surface area contributed by atoms with Crippen molar-refractivity contribution in [3.05, 3.63) is 12.2 Å². The van der Waals surface area contributed by atoms with E-state index in [1.54, 1.807) is 6.08 Å². The first kappa shape index (κ1) is 9.85. The monoisotopic (exact) mass is 184 g/mol. The molecule has 1 aliphatic heterocycles. The lowest BCUT2D eigenvalue weighted by atomic mass is 10.1. The molecule has 0 bridgehead atoms. The van der Waals surface area contributed by atoms with Crippen LogP contribution in [0.15, 0.2) is 12.2 Å². The normalized spacial score (nSPS) is 22.6. The summed E-state index contributed by atoms with van der Waals surface area (Å²) in [6, 6.07) is 0. The molecule has 68 valence electrons. The van der Waals surface area contributed by atoms with Crippen molar-refractivity contribution in [3.8, 4) is 0 Å². The molecule has 0 saturated heterocycles. The van der Waals surface area contributed by atoms with E-state index in [1.807, 2.05) is 6.08 Å². The van der Waals surface area contributed by atoms with Crippen molar-refractivity contribution in [2.45, 2.75) is 38.4 Å². The Morgan fingerprint density at radius 3 is 2.83 bits per heavy atom. The number of thioether (sulfide) groups is 1. The van der Waals surface area contributed by atoms with Crippen molar-refractivity contribution in [3.63, 3.8) is 0 Å². The van der Waals surface area contributed by atoms with Gasteiger partial charge in [-0.3, -0.25) is 4.79 Å². The van der Waals surface area contributed by atoms with Gasteiger partial charge in [0.15, 0.2) is 0 Å². The fraction of sp³-hybridized carbons (Fsp3) is 0.700. The highest BCUT2D eigenvalue weighted by molar-refractivity contribution is 8.15. The summed E-state index contributed by atoms with van der Waals surface area (Å²) in [5, 5.41) is 0.695. The minimum absolute atomic E-state index is 0.226. The number of hydrogen-bond donors (Lipinski definition) is 0. The first-order valence-electron chi connectivity index (χ1n) is 4.57. The molecule has 0 aromatic heterocycles. The van der Waals surface area contributed by atoms with E-state index in [0.717, 1.165) is 12.3 Å². The summed E-state index contributed by atoms with van der Waals surface area (Å²) >= 11 is 1.47. The predicted octanol–water partition coefficient (Wildman–Crippen LogP) is 3.01. The molecule has 1 atom stereocenters. The van der Waals surface area contributed by atoms with Crippen molar-refractivity contribution in [2.24, 2.45) is 5.92 Å². The van der Waals surface area contributed by atoms with Crippen LogP contribution in [0.5, 0.6) is 0 Å². The van der Waals surface area contributed by atoms with Crippen molar-refractivity contribution >= 4 is 16.9 Å². The lowest BCUT2D eigenvalue weighted by Crippen LogP contribution is -1.97. The van der Waals surface area contributed by atoms with Crippen LogP contribution < -0.4 is 0 Å². The summed E-state index contributed by atoms with van der Waals surface area (Å²) in [6.07, 6.45) is 7.41. The van der Waals surface area contributed by atoms with E-state index in [1.165, 1.54) is 24.6 Å². The molecule has 0 N–H and O–H groups in total. The zero-order chi connectivity index (χ0) is 8.97. The van der Waals surface area contributed by atoms with Crippen molar-refractivity contribution in [1.82, 2.24) is 0 Å². The molecule has 1 unspecified atom stereocenters. The Morgan fingerprint density at radius 2 is 2.33 bits per heavy atom. The average molecular weight is 184 g/mol. The molecule has 1 heterocycles. The second kappa shape index (κ2) is 4.70. The van der Waals surface area contributed by atoms with Gasteiger partial charge in [-0.25, -0.2) is 0 Å². The molecule has 1 rings (SSSR count). The van der Waals surface area contributed by atoms with E-state index in [2.05, 4.69) is 13.8 Å². The smallest absolute Gasteiger partial charge is 0.212 e. The fourth-order valence-corrected chi connectivity index (χ4v) is 2.19. The molecule has 0 aromatic rings. The van der Waals surface area contributed by atoms with Crippen LogP contribution in [0.1, 0.15) is 33.1 Å². The molecular weight excluding hydrogens is 168 g/mol. The van der Waals surface area contributed by atoms with Crippen molar-refractivity contribution in [2.75, 3.05) is 0 Å². The summed E-state index contributed by atoms with van der Waals surface area (Å²) in [7, 11) is 0. The lowest BCUT2D eigenvalue weighted by molar-refractivity contribution is -0.106. The number of carbonyl (C=O) groups excluding carboxylic acids is 1. The van der Waals surface area contributed by atoms with Gasteiger partial charge >= 0.3 is 0 Å². The highest BCUT2D eigenvalue weighted by Crippen LogP contribution is 2.26. The van der Waals surface area contributed by atoms with Crippen LogP contribution in [0.3, 0.4) is 0 Å². The van der Waals surface area contributed by atoms with E-state index in [-0.39, 0.29) is 5.12 Å². The highest BCUT2D eigenvalue weighted by Gasteiger charge is 2.15. The SMILES string of the molecule is CC(C)CCCC1C=CC(=O)S1. The Labute approximate surface area is 78.6 Å². The average Bonchev–Trinajstić information content (AvgIpc) is 2.35. The largest absolute Gasteiger partial charge is 0.282 e. The molecule has 0 saturated carbocycles. The lowest BCUT2D eigenvalue weighted by Gasteiger charge is -2.07. The number of rotatable bonds is 4. The number of hydrogen-bond acceptors (Lipinski definition) is 2. The third kappa shape index (κ3) is 3.44. The molecule has 2 heteroatoms. The summed E-state index contributed by atoms with van der Waals surface area (Å²) in [4.78, 5) is 10.8. The Morgan fingerprint density at radius 1 is 1.58 bits per heavy atom. The zero-order valence-corrected chi connectivity index (χ0v) is 8.56. The quantitative estimate of drug-likeness (QED) is 0.668. The van der Waals surface area contributed by atoms with E-state index >= 15 is 0 Å². The van der Waals surface area contributed by atoms with Gasteiger partial charge < -0.3 is 0 Å². The molecule has 1 aliphatic rings. The van der Waals surface area contributed by atoms with Gasteiger partial charge in [0.2, 0.25) is 5.12 Å². The van der Waals surface area contributed by atoms with Crippen LogP contribution in [0, 0.1) is 5.92 Å². The van der Waals surface area contributed by atoms with Crippen LogP contribution >= 0.6 is 11.8 Å². The molecule has 0 fully saturated rings. The van der Waals surface area contributed by atoms with Gasteiger partial charge in [0.1, 0.15) is 0 Å². The van der Waals surface area contributed by atoms with E-state index in [0.29, 0.717) is 5.25 Å². The minimum Gasteiger partial charge on any atom is -0.282 e. The molecule has 0 amide bonds. The second-order valence-corrected chi connectivity index (χ2v) is 4.90. The minimum atomic E-state index is 0.226. The van der Waals surface area contributed by atoms with Gasteiger partial charge in [-0.15, -0.1) is 0 Å². The molecule has 0 radical (unpaired) electrons. The Bertz CT molecular complexity index is 184. The van der Waals surface area contributed by atoms with Crippen LogP contribution in [0.25, 0.3) is 0 Å². The third-order valence-electron chi connectivity index (χ3n) is 1.98. The zero-order valence-electron chi connectivity index (χ0n) is 7.75. The predicted molar refractivity (Wildman–Crippen MR) is 54.2 cm³/mol. The van der Waals surface area contributed by atoms with E-state index in [9.17, 15) is 4.79 Å². The second-order valence-electron chi connectivity index (χ2n) is 3.66. The van der Waals surface area contributed by atoms with Crippen molar-refractivity contribution < 1.29 is 4.79 Å². The maximum absolute atomic E-state index is 10.8. The molecular formula is C10H16OS. The molecule has 0 aromatic carbocycles. The van der Waals surface area contributed by atoms with Crippen LogP contribution in [-0.4, -0.2) is 10.4 Å². The summed E-state index contributed by atoms with van der Waals surface area (Å²) in [6.45, 7) is 4.48. The first-order valence-corrected chi connectivity index (χ1v) is 5.45. The van der Waals surface area contributed by atoms with Crippen LogP contribution in [0.2, 0.25) is 0 Å². The maximum atomic E-state index is 10.8. The summed E-state index contributed by atoms with van der Waals surface area (Å²) in [5.41, 5.74) is 0. The Kier molecular flexibility index (Phi) is 3.86. The summed E-state index contributed by atoms with van der Waals surface area (Å²) < 4.78 is 0. The molecule has 12 heavy (non-hydrogen) atoms. The fourth-order valence-electron chi connectivity index (χ4n) is 1.30. The van der Waals surface area contributed by atoms with E-state index < -0.39 is 0 Å². The standard InChI is InChI=1S/C10H16OS/c1-8(2)4-3-5-9-6-7-10(11)12-9/h6-9H,3-5H2,1-2H3. The van der Waals surface area contributed by atoms with Gasteiger partial charge in [-0.1, -0.05) is 44.5 Å². The van der Waals surface area contributed by atoms with Gasteiger partial charge in [-0.05, 0) is 18.4 Å². The molecule has 0 aliphatic carbocycles.